The minimum Gasteiger partial charge on any atom is -0.491 e. The van der Waals surface area contributed by atoms with Crippen molar-refractivity contribution in [2.45, 2.75) is 11.8 Å². The highest BCUT2D eigenvalue weighted by molar-refractivity contribution is 9.10. The van der Waals surface area contributed by atoms with Crippen molar-refractivity contribution in [3.05, 3.63) is 52.5 Å². The van der Waals surface area contributed by atoms with E-state index in [1.54, 1.807) is 44.4 Å². The molecule has 0 bridgehead atoms. The van der Waals surface area contributed by atoms with Gasteiger partial charge in [0.05, 0.1) is 17.2 Å². The van der Waals surface area contributed by atoms with Crippen LogP contribution in [0.2, 0.25) is 0 Å². The van der Waals surface area contributed by atoms with Crippen LogP contribution >= 0.6 is 15.9 Å². The van der Waals surface area contributed by atoms with Crippen LogP contribution in [0.1, 0.15) is 5.56 Å². The molecule has 23 heavy (non-hydrogen) atoms. The van der Waals surface area contributed by atoms with Crippen LogP contribution in [0.25, 0.3) is 0 Å². The number of rotatable bonds is 7. The van der Waals surface area contributed by atoms with Crippen molar-refractivity contribution in [2.24, 2.45) is 0 Å². The van der Waals surface area contributed by atoms with E-state index in [0.29, 0.717) is 29.1 Å². The van der Waals surface area contributed by atoms with Crippen LogP contribution in [0, 0.1) is 6.92 Å². The smallest absolute Gasteiger partial charge is 0.261 e. The molecular weight excluding hydrogens is 382 g/mol. The Morgan fingerprint density at radius 2 is 1.87 bits per heavy atom. The molecule has 0 heterocycles. The van der Waals surface area contributed by atoms with Crippen molar-refractivity contribution in [1.82, 2.24) is 0 Å². The average Bonchev–Trinajstić information content (AvgIpc) is 2.51. The summed E-state index contributed by atoms with van der Waals surface area (Å²) < 4.78 is 38.7. The van der Waals surface area contributed by atoms with E-state index in [9.17, 15) is 8.42 Å². The Labute approximate surface area is 144 Å². The number of hydrogen-bond donors (Lipinski definition) is 1. The minimum atomic E-state index is -3.66. The monoisotopic (exact) mass is 399 g/mol. The SMILES string of the molecule is COCCOc1ccc(S(=O)(=O)Nc2ccccc2Br)cc1C. The number of anilines is 1. The molecule has 124 valence electrons. The van der Waals surface area contributed by atoms with Gasteiger partial charge in [0.25, 0.3) is 10.0 Å². The van der Waals surface area contributed by atoms with Gasteiger partial charge in [-0.05, 0) is 58.7 Å². The van der Waals surface area contributed by atoms with E-state index in [0.717, 1.165) is 5.56 Å². The lowest BCUT2D eigenvalue weighted by Crippen LogP contribution is -2.13. The van der Waals surface area contributed by atoms with Gasteiger partial charge in [0.2, 0.25) is 0 Å². The molecule has 0 spiro atoms. The first-order valence-corrected chi connectivity index (χ1v) is 9.21. The summed E-state index contributed by atoms with van der Waals surface area (Å²) in [6.07, 6.45) is 0. The molecule has 0 aliphatic carbocycles. The van der Waals surface area contributed by atoms with Crippen LogP contribution in [-0.2, 0) is 14.8 Å². The van der Waals surface area contributed by atoms with Crippen LogP contribution in [-0.4, -0.2) is 28.7 Å². The molecule has 2 aromatic rings. The summed E-state index contributed by atoms with van der Waals surface area (Å²) in [7, 11) is -2.06. The van der Waals surface area contributed by atoms with Crippen molar-refractivity contribution in [3.8, 4) is 5.75 Å². The summed E-state index contributed by atoms with van der Waals surface area (Å²) in [6, 6.07) is 11.8. The van der Waals surface area contributed by atoms with Gasteiger partial charge < -0.3 is 9.47 Å². The van der Waals surface area contributed by atoms with Crippen LogP contribution in [0.5, 0.6) is 5.75 Å². The van der Waals surface area contributed by atoms with Crippen molar-refractivity contribution in [2.75, 3.05) is 25.0 Å². The molecule has 5 nitrogen and oxygen atoms in total. The van der Waals surface area contributed by atoms with Crippen LogP contribution in [0.3, 0.4) is 0 Å². The Kier molecular flexibility index (Phi) is 6.04. The maximum Gasteiger partial charge on any atom is 0.261 e. The molecule has 0 atom stereocenters. The third-order valence-electron chi connectivity index (χ3n) is 3.12. The molecule has 0 radical (unpaired) electrons. The van der Waals surface area contributed by atoms with Gasteiger partial charge >= 0.3 is 0 Å². The zero-order chi connectivity index (χ0) is 16.9. The molecule has 0 unspecified atom stereocenters. The fraction of sp³-hybridized carbons (Fsp3) is 0.250. The highest BCUT2D eigenvalue weighted by atomic mass is 79.9. The Balaban J connectivity index is 2.20. The molecule has 0 aromatic heterocycles. The summed E-state index contributed by atoms with van der Waals surface area (Å²) >= 11 is 3.32. The number of para-hydroxylation sites is 1. The number of halogens is 1. The van der Waals surface area contributed by atoms with Gasteiger partial charge in [-0.15, -0.1) is 0 Å². The highest BCUT2D eigenvalue weighted by Gasteiger charge is 2.16. The van der Waals surface area contributed by atoms with E-state index in [1.807, 2.05) is 6.07 Å². The van der Waals surface area contributed by atoms with Crippen molar-refractivity contribution in [1.29, 1.82) is 0 Å². The Morgan fingerprint density at radius 1 is 1.13 bits per heavy atom. The number of benzene rings is 2. The van der Waals surface area contributed by atoms with Crippen molar-refractivity contribution >= 4 is 31.6 Å². The first kappa shape index (κ1) is 17.8. The zero-order valence-corrected chi connectivity index (χ0v) is 15.3. The summed E-state index contributed by atoms with van der Waals surface area (Å²) in [5, 5.41) is 0. The molecule has 2 rings (SSSR count). The van der Waals surface area contributed by atoms with E-state index >= 15 is 0 Å². The maximum absolute atomic E-state index is 12.5. The molecule has 0 aliphatic heterocycles. The molecule has 0 saturated carbocycles. The maximum atomic E-state index is 12.5. The fourth-order valence-corrected chi connectivity index (χ4v) is 3.61. The third-order valence-corrected chi connectivity index (χ3v) is 5.17. The van der Waals surface area contributed by atoms with Crippen molar-refractivity contribution < 1.29 is 17.9 Å². The predicted octanol–water partition coefficient (Wildman–Crippen LogP) is 3.58. The number of hydrogen-bond acceptors (Lipinski definition) is 4. The molecule has 7 heteroatoms. The van der Waals surface area contributed by atoms with Gasteiger partial charge in [-0.3, -0.25) is 4.72 Å². The lowest BCUT2D eigenvalue weighted by molar-refractivity contribution is 0.146. The summed E-state index contributed by atoms with van der Waals surface area (Å²) in [5.41, 5.74) is 1.24. The number of ether oxygens (including phenoxy) is 2. The van der Waals surface area contributed by atoms with Crippen LogP contribution < -0.4 is 9.46 Å². The molecule has 0 aliphatic rings. The van der Waals surface area contributed by atoms with Crippen LogP contribution in [0.15, 0.2) is 51.8 Å². The van der Waals surface area contributed by atoms with Gasteiger partial charge in [-0.25, -0.2) is 8.42 Å². The Bertz CT molecular complexity index is 777. The lowest BCUT2D eigenvalue weighted by atomic mass is 10.2. The molecule has 0 saturated heterocycles. The highest BCUT2D eigenvalue weighted by Crippen LogP contribution is 2.26. The number of sulfonamides is 1. The predicted molar refractivity (Wildman–Crippen MR) is 93.5 cm³/mol. The van der Waals surface area contributed by atoms with E-state index in [2.05, 4.69) is 20.7 Å². The first-order chi connectivity index (χ1) is 10.9. The second kappa shape index (κ2) is 7.81. The van der Waals surface area contributed by atoms with Gasteiger partial charge in [0.15, 0.2) is 0 Å². The zero-order valence-electron chi connectivity index (χ0n) is 12.9. The van der Waals surface area contributed by atoms with Gasteiger partial charge in [0, 0.05) is 11.6 Å². The van der Waals surface area contributed by atoms with Gasteiger partial charge in [-0.2, -0.15) is 0 Å². The molecular formula is C16H18BrNO4S. The lowest BCUT2D eigenvalue weighted by Gasteiger charge is -2.12. The summed E-state index contributed by atoms with van der Waals surface area (Å²) in [4.78, 5) is 0.185. The Hall–Kier alpha value is -1.57. The standard InChI is InChI=1S/C16H18BrNO4S/c1-12-11-13(7-8-16(12)22-10-9-21-2)23(19,20)18-15-6-4-3-5-14(15)17/h3-8,11,18H,9-10H2,1-2H3. The number of aryl methyl sites for hydroxylation is 1. The van der Waals surface area contributed by atoms with E-state index in [-0.39, 0.29) is 4.90 Å². The number of nitrogens with one attached hydrogen (secondary N) is 1. The number of methoxy groups -OCH3 is 1. The van der Waals surface area contributed by atoms with Gasteiger partial charge in [-0.1, -0.05) is 12.1 Å². The quantitative estimate of drug-likeness (QED) is 0.722. The van der Waals surface area contributed by atoms with Crippen LogP contribution in [0.4, 0.5) is 5.69 Å². The fourth-order valence-electron chi connectivity index (χ4n) is 1.93. The van der Waals surface area contributed by atoms with E-state index in [1.165, 1.54) is 6.07 Å². The third kappa shape index (κ3) is 4.70. The average molecular weight is 400 g/mol. The van der Waals surface area contributed by atoms with Crippen molar-refractivity contribution in [3.63, 3.8) is 0 Å². The molecule has 0 amide bonds. The molecule has 1 N–H and O–H groups in total. The van der Waals surface area contributed by atoms with E-state index < -0.39 is 10.0 Å². The Morgan fingerprint density at radius 3 is 2.52 bits per heavy atom. The largest absolute Gasteiger partial charge is 0.491 e. The van der Waals surface area contributed by atoms with E-state index in [4.69, 9.17) is 9.47 Å². The topological polar surface area (TPSA) is 64.6 Å². The van der Waals surface area contributed by atoms with Gasteiger partial charge in [0.1, 0.15) is 12.4 Å². The summed E-state index contributed by atoms with van der Waals surface area (Å²) in [5.74, 6) is 0.641. The molecule has 0 fully saturated rings. The molecule has 2 aromatic carbocycles. The first-order valence-electron chi connectivity index (χ1n) is 6.94. The second-order valence-electron chi connectivity index (χ2n) is 4.85. The summed E-state index contributed by atoms with van der Waals surface area (Å²) in [6.45, 7) is 2.70. The normalized spacial score (nSPS) is 11.3. The second-order valence-corrected chi connectivity index (χ2v) is 7.39. The minimum absolute atomic E-state index is 0.185.